The van der Waals surface area contributed by atoms with Gasteiger partial charge in [0.05, 0.1) is 6.10 Å². The zero-order valence-corrected chi connectivity index (χ0v) is 12.1. The lowest BCUT2D eigenvalue weighted by atomic mass is 9.84. The van der Waals surface area contributed by atoms with Gasteiger partial charge in [-0.15, -0.1) is 0 Å². The summed E-state index contributed by atoms with van der Waals surface area (Å²) in [6.07, 6.45) is 4.08. The summed E-state index contributed by atoms with van der Waals surface area (Å²) in [5, 5.41) is 9.51. The molecule has 1 aromatic carbocycles. The van der Waals surface area contributed by atoms with Gasteiger partial charge in [-0.25, -0.2) is 4.79 Å². The van der Waals surface area contributed by atoms with Gasteiger partial charge in [0.2, 0.25) is 5.60 Å². The number of rotatable bonds is 5. The highest BCUT2D eigenvalue weighted by Crippen LogP contribution is 2.34. The number of hydrogen-bond acceptors (Lipinski definition) is 3. The van der Waals surface area contributed by atoms with E-state index >= 15 is 0 Å². The van der Waals surface area contributed by atoms with Crippen LogP contribution in [0.4, 0.5) is 0 Å². The predicted molar refractivity (Wildman–Crippen MR) is 76.3 cm³/mol. The van der Waals surface area contributed by atoms with E-state index in [2.05, 4.69) is 0 Å². The number of carbonyl (C=O) groups is 1. The van der Waals surface area contributed by atoms with Gasteiger partial charge in [0.25, 0.3) is 0 Å². The monoisotopic (exact) mass is 278 g/mol. The largest absolute Gasteiger partial charge is 0.491 e. The van der Waals surface area contributed by atoms with Crippen molar-refractivity contribution in [2.45, 2.75) is 57.7 Å². The molecule has 0 radical (unpaired) electrons. The van der Waals surface area contributed by atoms with E-state index in [9.17, 15) is 9.90 Å². The summed E-state index contributed by atoms with van der Waals surface area (Å²) >= 11 is 0. The quantitative estimate of drug-likeness (QED) is 0.893. The Morgan fingerprint density at radius 1 is 1.20 bits per heavy atom. The van der Waals surface area contributed by atoms with Crippen molar-refractivity contribution < 1.29 is 19.4 Å². The molecule has 110 valence electrons. The molecule has 0 saturated heterocycles. The van der Waals surface area contributed by atoms with Gasteiger partial charge in [0.15, 0.2) is 0 Å². The Labute approximate surface area is 119 Å². The lowest BCUT2D eigenvalue weighted by Gasteiger charge is -2.33. The summed E-state index contributed by atoms with van der Waals surface area (Å²) in [6, 6.07) is 7.22. The molecule has 0 aromatic heterocycles. The highest BCUT2D eigenvalue weighted by atomic mass is 16.5. The maximum absolute atomic E-state index is 11.6. The molecule has 0 unspecified atom stereocenters. The van der Waals surface area contributed by atoms with Crippen LogP contribution >= 0.6 is 0 Å². The van der Waals surface area contributed by atoms with E-state index in [1.54, 1.807) is 12.1 Å². The van der Waals surface area contributed by atoms with E-state index in [0.29, 0.717) is 24.3 Å². The van der Waals surface area contributed by atoms with E-state index < -0.39 is 11.6 Å². The van der Waals surface area contributed by atoms with Gasteiger partial charge in [-0.2, -0.15) is 0 Å². The molecule has 2 rings (SSSR count). The van der Waals surface area contributed by atoms with Crippen molar-refractivity contribution in [1.29, 1.82) is 0 Å². The Morgan fingerprint density at radius 3 is 2.45 bits per heavy atom. The van der Waals surface area contributed by atoms with Crippen LogP contribution < -0.4 is 9.47 Å². The van der Waals surface area contributed by atoms with Crippen LogP contribution in [-0.4, -0.2) is 22.8 Å². The minimum Gasteiger partial charge on any atom is -0.491 e. The zero-order valence-electron chi connectivity index (χ0n) is 12.1. The second-order valence-corrected chi connectivity index (χ2v) is 5.60. The van der Waals surface area contributed by atoms with Crippen LogP contribution in [0.2, 0.25) is 0 Å². The van der Waals surface area contributed by atoms with Gasteiger partial charge >= 0.3 is 5.97 Å². The Kier molecular flexibility index (Phi) is 4.53. The molecular weight excluding hydrogens is 256 g/mol. The van der Waals surface area contributed by atoms with E-state index in [1.807, 2.05) is 26.0 Å². The van der Waals surface area contributed by atoms with Crippen LogP contribution in [0, 0.1) is 0 Å². The van der Waals surface area contributed by atoms with Gasteiger partial charge in [-0.05, 0) is 51.7 Å². The molecule has 1 aliphatic rings. The fourth-order valence-corrected chi connectivity index (χ4v) is 2.59. The van der Waals surface area contributed by atoms with Crippen LogP contribution in [0.25, 0.3) is 0 Å². The number of carboxylic acids is 1. The van der Waals surface area contributed by atoms with Gasteiger partial charge in [-0.1, -0.05) is 12.5 Å². The van der Waals surface area contributed by atoms with Crippen molar-refractivity contribution >= 4 is 5.97 Å². The fraction of sp³-hybridized carbons (Fsp3) is 0.562. The molecule has 0 amide bonds. The van der Waals surface area contributed by atoms with Crippen LogP contribution in [0.15, 0.2) is 24.3 Å². The second-order valence-electron chi connectivity index (χ2n) is 5.60. The van der Waals surface area contributed by atoms with Crippen molar-refractivity contribution in [1.82, 2.24) is 0 Å². The first-order valence-corrected chi connectivity index (χ1v) is 7.21. The summed E-state index contributed by atoms with van der Waals surface area (Å²) in [4.78, 5) is 11.6. The third-order valence-electron chi connectivity index (χ3n) is 3.54. The zero-order chi connectivity index (χ0) is 14.6. The molecule has 1 aromatic rings. The molecule has 0 heterocycles. The number of aliphatic carboxylic acids is 1. The predicted octanol–water partition coefficient (Wildman–Crippen LogP) is 3.64. The molecule has 0 spiro atoms. The highest BCUT2D eigenvalue weighted by Gasteiger charge is 2.42. The van der Waals surface area contributed by atoms with E-state index in [0.717, 1.165) is 19.3 Å². The van der Waals surface area contributed by atoms with Crippen LogP contribution in [0.5, 0.6) is 11.5 Å². The van der Waals surface area contributed by atoms with Crippen molar-refractivity contribution in [3.63, 3.8) is 0 Å². The van der Waals surface area contributed by atoms with Gasteiger partial charge in [0.1, 0.15) is 11.5 Å². The Hall–Kier alpha value is -1.71. The summed E-state index contributed by atoms with van der Waals surface area (Å²) in [6.45, 7) is 3.90. The van der Waals surface area contributed by atoms with Gasteiger partial charge in [-0.3, -0.25) is 0 Å². The van der Waals surface area contributed by atoms with Crippen LogP contribution in [0.3, 0.4) is 0 Å². The first-order valence-electron chi connectivity index (χ1n) is 7.21. The Bertz CT molecular complexity index is 461. The summed E-state index contributed by atoms with van der Waals surface area (Å²) in [7, 11) is 0. The summed E-state index contributed by atoms with van der Waals surface area (Å²) < 4.78 is 11.5. The van der Waals surface area contributed by atoms with Crippen LogP contribution in [-0.2, 0) is 4.79 Å². The molecule has 20 heavy (non-hydrogen) atoms. The Morgan fingerprint density at radius 2 is 1.85 bits per heavy atom. The molecule has 1 N–H and O–H groups in total. The normalized spacial score (nSPS) is 17.8. The van der Waals surface area contributed by atoms with Crippen molar-refractivity contribution in [2.75, 3.05) is 0 Å². The summed E-state index contributed by atoms with van der Waals surface area (Å²) in [5.74, 6) is 0.397. The van der Waals surface area contributed by atoms with Gasteiger partial charge in [0, 0.05) is 6.07 Å². The highest BCUT2D eigenvalue weighted by molar-refractivity contribution is 5.78. The molecular formula is C16H22O4. The smallest absolute Gasteiger partial charge is 0.348 e. The number of benzene rings is 1. The Balaban J connectivity index is 2.16. The molecule has 0 atom stereocenters. The average Bonchev–Trinajstić information content (AvgIpc) is 2.39. The molecule has 0 aliphatic heterocycles. The number of ether oxygens (including phenoxy) is 2. The van der Waals surface area contributed by atoms with Crippen molar-refractivity contribution in [3.05, 3.63) is 24.3 Å². The maximum atomic E-state index is 11.6. The van der Waals surface area contributed by atoms with E-state index in [-0.39, 0.29) is 6.10 Å². The second kappa shape index (κ2) is 6.16. The SMILES string of the molecule is CC(C)Oc1cccc(OC2(C(=O)O)CCCCC2)c1. The van der Waals surface area contributed by atoms with Crippen molar-refractivity contribution in [3.8, 4) is 11.5 Å². The molecule has 1 saturated carbocycles. The number of carboxylic acid groups (broad SMARTS) is 1. The van der Waals surface area contributed by atoms with E-state index in [1.165, 1.54) is 0 Å². The minimum atomic E-state index is -1.07. The molecule has 1 aliphatic carbocycles. The molecule has 1 fully saturated rings. The fourth-order valence-electron chi connectivity index (χ4n) is 2.59. The lowest BCUT2D eigenvalue weighted by Crippen LogP contribution is -2.46. The van der Waals surface area contributed by atoms with E-state index in [4.69, 9.17) is 9.47 Å². The lowest BCUT2D eigenvalue weighted by molar-refractivity contribution is -0.158. The third kappa shape index (κ3) is 3.44. The minimum absolute atomic E-state index is 0.0772. The first-order chi connectivity index (χ1) is 9.52. The standard InChI is InChI=1S/C16H22O4/c1-12(2)19-13-7-6-8-14(11-13)20-16(15(17)18)9-4-3-5-10-16/h6-8,11-12H,3-5,9-10H2,1-2H3,(H,17,18). The third-order valence-corrected chi connectivity index (χ3v) is 3.54. The molecule has 4 nitrogen and oxygen atoms in total. The van der Waals surface area contributed by atoms with Gasteiger partial charge < -0.3 is 14.6 Å². The first kappa shape index (κ1) is 14.7. The summed E-state index contributed by atoms with van der Waals surface area (Å²) in [5.41, 5.74) is -1.07. The van der Waals surface area contributed by atoms with Crippen molar-refractivity contribution in [2.24, 2.45) is 0 Å². The maximum Gasteiger partial charge on any atom is 0.348 e. The molecule has 4 heteroatoms. The average molecular weight is 278 g/mol. The molecule has 0 bridgehead atoms. The number of hydrogen-bond donors (Lipinski definition) is 1. The van der Waals surface area contributed by atoms with Crippen LogP contribution in [0.1, 0.15) is 46.0 Å². The topological polar surface area (TPSA) is 55.8 Å².